The van der Waals surface area contributed by atoms with Crippen molar-refractivity contribution in [3.8, 4) is 0 Å². The molecule has 5 heteroatoms. The molecule has 2 rings (SSSR count). The molecule has 1 aromatic carbocycles. The van der Waals surface area contributed by atoms with E-state index in [0.717, 1.165) is 26.1 Å². The number of fused-ring (bicyclic) bond motifs is 1. The summed E-state index contributed by atoms with van der Waals surface area (Å²) in [5, 5.41) is 5.82. The van der Waals surface area contributed by atoms with Crippen molar-refractivity contribution < 1.29 is 4.79 Å². The summed E-state index contributed by atoms with van der Waals surface area (Å²) in [7, 11) is 2.12. The highest BCUT2D eigenvalue weighted by atomic mass is 16.2. The number of carbonyl (C=O) groups is 1. The molecule has 0 radical (unpaired) electrons. The number of nitrogens with one attached hydrogen (secondary N) is 2. The fraction of sp³-hybridized carbons (Fsp3) is 0.462. The molecule has 0 aromatic heterocycles. The van der Waals surface area contributed by atoms with E-state index in [-0.39, 0.29) is 0 Å². The van der Waals surface area contributed by atoms with Gasteiger partial charge in [-0.2, -0.15) is 0 Å². The van der Waals surface area contributed by atoms with Crippen LogP contribution in [0.15, 0.2) is 18.2 Å². The van der Waals surface area contributed by atoms with Gasteiger partial charge in [0.2, 0.25) is 0 Å². The van der Waals surface area contributed by atoms with Crippen LogP contribution in [0.1, 0.15) is 11.1 Å². The lowest BCUT2D eigenvalue weighted by atomic mass is 10.1. The molecular formula is C13H20N4O. The van der Waals surface area contributed by atoms with Crippen LogP contribution < -0.4 is 21.3 Å². The van der Waals surface area contributed by atoms with Gasteiger partial charge in [-0.15, -0.1) is 0 Å². The number of hydrogen-bond donors (Lipinski definition) is 3. The van der Waals surface area contributed by atoms with Gasteiger partial charge in [0.05, 0.1) is 0 Å². The minimum absolute atomic E-state index is 0.475. The van der Waals surface area contributed by atoms with Gasteiger partial charge >= 0.3 is 6.03 Å². The van der Waals surface area contributed by atoms with Crippen LogP contribution >= 0.6 is 0 Å². The van der Waals surface area contributed by atoms with E-state index in [4.69, 9.17) is 5.73 Å². The third-order valence-electron chi connectivity index (χ3n) is 3.20. The Kier molecular flexibility index (Phi) is 4.04. The van der Waals surface area contributed by atoms with Gasteiger partial charge in [-0.25, -0.2) is 4.79 Å². The Morgan fingerprint density at radius 3 is 3.06 bits per heavy atom. The number of carbonyl (C=O) groups excluding carboxylic acids is 1. The number of amides is 2. The second-order valence-electron chi connectivity index (χ2n) is 4.60. The molecule has 4 N–H and O–H groups in total. The molecule has 1 aliphatic rings. The molecule has 1 aliphatic heterocycles. The van der Waals surface area contributed by atoms with E-state index >= 15 is 0 Å². The number of nitrogens with two attached hydrogens (primary N) is 1. The topological polar surface area (TPSA) is 70.4 Å². The first kappa shape index (κ1) is 12.7. The SMILES string of the molecule is CN1CCc2cc(CNCCNC(N)=O)ccc21. The number of benzene rings is 1. The Bertz CT molecular complexity index is 433. The third kappa shape index (κ3) is 3.13. The first-order valence-corrected chi connectivity index (χ1v) is 6.24. The van der Waals surface area contributed by atoms with Crippen LogP contribution in [0, 0.1) is 0 Å². The maximum Gasteiger partial charge on any atom is 0.312 e. The summed E-state index contributed by atoms with van der Waals surface area (Å²) in [5.41, 5.74) is 9.02. The van der Waals surface area contributed by atoms with Crippen molar-refractivity contribution in [2.24, 2.45) is 5.73 Å². The predicted octanol–water partition coefficient (Wildman–Crippen LogP) is 0.437. The number of anilines is 1. The molecule has 98 valence electrons. The number of hydrogen-bond acceptors (Lipinski definition) is 3. The Hall–Kier alpha value is -1.75. The molecule has 0 unspecified atom stereocenters. The van der Waals surface area contributed by atoms with Gasteiger partial charge in [0.1, 0.15) is 0 Å². The van der Waals surface area contributed by atoms with Crippen LogP contribution in [0.4, 0.5) is 10.5 Å². The summed E-state index contributed by atoms with van der Waals surface area (Å²) in [6.45, 7) is 3.20. The fourth-order valence-corrected chi connectivity index (χ4v) is 2.24. The van der Waals surface area contributed by atoms with Crippen LogP contribution in [0.2, 0.25) is 0 Å². The normalized spacial score (nSPS) is 13.5. The molecule has 0 fully saturated rings. The second-order valence-corrected chi connectivity index (χ2v) is 4.60. The molecule has 18 heavy (non-hydrogen) atoms. The molecule has 0 atom stereocenters. The first-order chi connectivity index (χ1) is 8.66. The molecule has 2 amide bonds. The van der Waals surface area contributed by atoms with Gasteiger partial charge in [-0.1, -0.05) is 12.1 Å². The standard InChI is InChI=1S/C13H20N4O/c1-17-7-4-11-8-10(2-3-12(11)17)9-15-5-6-16-13(14)18/h2-3,8,15H,4-7,9H2,1H3,(H3,14,16,18). The van der Waals surface area contributed by atoms with Gasteiger partial charge in [-0.3, -0.25) is 0 Å². The van der Waals surface area contributed by atoms with Crippen molar-refractivity contribution in [2.75, 3.05) is 31.6 Å². The Balaban J connectivity index is 1.79. The zero-order chi connectivity index (χ0) is 13.0. The van der Waals surface area contributed by atoms with Gasteiger partial charge in [0, 0.05) is 38.9 Å². The summed E-state index contributed by atoms with van der Waals surface area (Å²) in [6, 6.07) is 6.11. The molecule has 0 saturated heterocycles. The minimum Gasteiger partial charge on any atom is -0.374 e. The van der Waals surface area contributed by atoms with Gasteiger partial charge in [0.25, 0.3) is 0 Å². The highest BCUT2D eigenvalue weighted by Crippen LogP contribution is 2.27. The molecule has 1 heterocycles. The summed E-state index contributed by atoms with van der Waals surface area (Å²) in [6.07, 6.45) is 1.13. The maximum absolute atomic E-state index is 10.5. The fourth-order valence-electron chi connectivity index (χ4n) is 2.24. The summed E-state index contributed by atoms with van der Waals surface area (Å²) >= 11 is 0. The van der Waals surface area contributed by atoms with Crippen molar-refractivity contribution in [3.05, 3.63) is 29.3 Å². The van der Waals surface area contributed by atoms with Gasteiger partial charge in [0.15, 0.2) is 0 Å². The van der Waals surface area contributed by atoms with E-state index in [1.807, 2.05) is 0 Å². The smallest absolute Gasteiger partial charge is 0.312 e. The van der Waals surface area contributed by atoms with Crippen LogP contribution in [0.5, 0.6) is 0 Å². The van der Waals surface area contributed by atoms with Gasteiger partial charge in [-0.05, 0) is 23.6 Å². The highest BCUT2D eigenvalue weighted by Gasteiger charge is 2.15. The minimum atomic E-state index is -0.475. The lowest BCUT2D eigenvalue weighted by molar-refractivity contribution is 0.249. The van der Waals surface area contributed by atoms with Crippen molar-refractivity contribution >= 4 is 11.7 Å². The third-order valence-corrected chi connectivity index (χ3v) is 3.20. The van der Waals surface area contributed by atoms with Crippen LogP contribution in [-0.2, 0) is 13.0 Å². The van der Waals surface area contributed by atoms with E-state index < -0.39 is 6.03 Å². The average molecular weight is 248 g/mol. The molecule has 1 aromatic rings. The maximum atomic E-state index is 10.5. The molecule has 0 saturated carbocycles. The van der Waals surface area contributed by atoms with Crippen LogP contribution in [0.25, 0.3) is 0 Å². The predicted molar refractivity (Wildman–Crippen MR) is 72.7 cm³/mol. The zero-order valence-corrected chi connectivity index (χ0v) is 10.7. The van der Waals surface area contributed by atoms with E-state index in [2.05, 4.69) is 40.8 Å². The van der Waals surface area contributed by atoms with Crippen LogP contribution in [0.3, 0.4) is 0 Å². The van der Waals surface area contributed by atoms with E-state index in [9.17, 15) is 4.79 Å². The molecular weight excluding hydrogens is 228 g/mol. The van der Waals surface area contributed by atoms with E-state index in [0.29, 0.717) is 6.54 Å². The number of urea groups is 1. The van der Waals surface area contributed by atoms with Crippen molar-refractivity contribution in [1.82, 2.24) is 10.6 Å². The Morgan fingerprint density at radius 2 is 2.28 bits per heavy atom. The number of likely N-dealkylation sites (N-methyl/N-ethyl adjacent to an activating group) is 1. The highest BCUT2D eigenvalue weighted by molar-refractivity contribution is 5.71. The molecule has 5 nitrogen and oxygen atoms in total. The van der Waals surface area contributed by atoms with Crippen molar-refractivity contribution in [1.29, 1.82) is 0 Å². The summed E-state index contributed by atoms with van der Waals surface area (Å²) in [4.78, 5) is 12.8. The van der Waals surface area contributed by atoms with Crippen molar-refractivity contribution in [2.45, 2.75) is 13.0 Å². The average Bonchev–Trinajstić information content (AvgIpc) is 2.70. The van der Waals surface area contributed by atoms with Gasteiger partial charge < -0.3 is 21.3 Å². The lowest BCUT2D eigenvalue weighted by Gasteiger charge is -2.12. The number of rotatable bonds is 5. The largest absolute Gasteiger partial charge is 0.374 e. The summed E-state index contributed by atoms with van der Waals surface area (Å²) in [5.74, 6) is 0. The summed E-state index contributed by atoms with van der Waals surface area (Å²) < 4.78 is 0. The van der Waals surface area contributed by atoms with Crippen molar-refractivity contribution in [3.63, 3.8) is 0 Å². The molecule has 0 aliphatic carbocycles. The molecule has 0 spiro atoms. The quantitative estimate of drug-likeness (QED) is 0.662. The second kappa shape index (κ2) is 5.73. The zero-order valence-electron chi connectivity index (χ0n) is 10.7. The Labute approximate surface area is 107 Å². The first-order valence-electron chi connectivity index (χ1n) is 6.24. The van der Waals surface area contributed by atoms with E-state index in [1.165, 1.54) is 16.8 Å². The lowest BCUT2D eigenvalue weighted by Crippen LogP contribution is -2.35. The molecule has 0 bridgehead atoms. The number of primary amides is 1. The monoisotopic (exact) mass is 248 g/mol. The van der Waals surface area contributed by atoms with E-state index in [1.54, 1.807) is 0 Å². The Morgan fingerprint density at radius 1 is 1.44 bits per heavy atom. The number of nitrogens with zero attached hydrogens (tertiary/aromatic N) is 1. The van der Waals surface area contributed by atoms with Crippen LogP contribution in [-0.4, -0.2) is 32.7 Å².